The molecule has 5 aromatic rings. The number of allylic oxidation sites excluding steroid dienone is 1. The Kier molecular flexibility index (Phi) is 11.6. The normalized spacial score (nSPS) is 13.8. The monoisotopic (exact) mass is 548 g/mol. The largest absolute Gasteiger partial charge is 0.392 e. The van der Waals surface area contributed by atoms with E-state index >= 15 is 0 Å². The lowest BCUT2D eigenvalue weighted by atomic mass is 9.90. The van der Waals surface area contributed by atoms with Crippen LogP contribution in [0.5, 0.6) is 0 Å². The van der Waals surface area contributed by atoms with Gasteiger partial charge in [0.05, 0.1) is 6.61 Å². The van der Waals surface area contributed by atoms with Crippen LogP contribution in [-0.4, -0.2) is 11.7 Å². The fourth-order valence-corrected chi connectivity index (χ4v) is 6.55. The summed E-state index contributed by atoms with van der Waals surface area (Å²) >= 11 is 0. The highest BCUT2D eigenvalue weighted by molar-refractivity contribution is 6.32. The van der Waals surface area contributed by atoms with Crippen LogP contribution >= 0.6 is 0 Å². The zero-order valence-corrected chi connectivity index (χ0v) is 26.3. The smallest absolute Gasteiger partial charge is 0.0614 e. The first-order valence-corrected chi connectivity index (χ1v) is 16.2. The predicted molar refractivity (Wildman–Crippen MR) is 183 cm³/mol. The predicted octanol–water partition coefficient (Wildman–Crippen LogP) is 12.1. The topological polar surface area (TPSA) is 20.2 Å². The maximum Gasteiger partial charge on any atom is 0.0614 e. The van der Waals surface area contributed by atoms with Gasteiger partial charge in [0.1, 0.15) is 0 Å². The van der Waals surface area contributed by atoms with E-state index < -0.39 is 0 Å². The first kappa shape index (κ1) is 31.0. The van der Waals surface area contributed by atoms with Gasteiger partial charge in [0.25, 0.3) is 0 Å². The van der Waals surface area contributed by atoms with Gasteiger partial charge in [0, 0.05) is 0 Å². The molecule has 218 valence electrons. The average Bonchev–Trinajstić information content (AvgIpc) is 2.96. The Bertz CT molecular complexity index is 1350. The minimum Gasteiger partial charge on any atom is -0.392 e. The van der Waals surface area contributed by atoms with E-state index in [1.807, 2.05) is 6.08 Å². The molecule has 1 heteroatoms. The lowest BCUT2D eigenvalue weighted by Gasteiger charge is -2.15. The van der Waals surface area contributed by atoms with Crippen LogP contribution in [0.2, 0.25) is 0 Å². The molecule has 5 rings (SSSR count). The summed E-state index contributed by atoms with van der Waals surface area (Å²) in [5.74, 6) is 2.63. The molecule has 5 aromatic carbocycles. The Morgan fingerprint density at radius 1 is 0.585 bits per heavy atom. The van der Waals surface area contributed by atoms with Crippen LogP contribution in [-0.2, 0) is 0 Å². The number of benzene rings is 5. The van der Waals surface area contributed by atoms with Crippen LogP contribution in [0.25, 0.3) is 43.1 Å². The van der Waals surface area contributed by atoms with Gasteiger partial charge in [-0.2, -0.15) is 0 Å². The molecule has 41 heavy (non-hydrogen) atoms. The van der Waals surface area contributed by atoms with E-state index in [1.54, 1.807) is 0 Å². The molecule has 2 atom stereocenters. The number of hydrogen-bond acceptors (Lipinski definition) is 1. The molecule has 0 saturated heterocycles. The van der Waals surface area contributed by atoms with Crippen molar-refractivity contribution in [2.24, 2.45) is 17.8 Å². The zero-order valence-electron chi connectivity index (χ0n) is 26.3. The van der Waals surface area contributed by atoms with Gasteiger partial charge in [0.15, 0.2) is 0 Å². The van der Waals surface area contributed by atoms with Crippen molar-refractivity contribution in [2.45, 2.75) is 92.4 Å². The Morgan fingerprint density at radius 2 is 0.976 bits per heavy atom. The summed E-state index contributed by atoms with van der Waals surface area (Å²) in [5.41, 5.74) is 1.34. The summed E-state index contributed by atoms with van der Waals surface area (Å²) < 4.78 is 0. The molecule has 0 bridgehead atoms. The van der Waals surface area contributed by atoms with Crippen LogP contribution in [0.1, 0.15) is 92.4 Å². The molecular formula is C40H52O. The lowest BCUT2D eigenvalue weighted by Crippen LogP contribution is -2.00. The van der Waals surface area contributed by atoms with Gasteiger partial charge in [-0.05, 0) is 80.6 Å². The third-order valence-corrected chi connectivity index (χ3v) is 8.97. The highest BCUT2D eigenvalue weighted by atomic mass is 16.2. The molecule has 0 fully saturated rings. The summed E-state index contributed by atoms with van der Waals surface area (Å²) in [6.07, 6.45) is 14.1. The highest BCUT2D eigenvalue weighted by Gasteiger charge is 2.11. The first-order valence-electron chi connectivity index (χ1n) is 16.2. The molecule has 0 aliphatic carbocycles. The summed E-state index contributed by atoms with van der Waals surface area (Å²) in [5, 5.41) is 19.7. The van der Waals surface area contributed by atoms with Gasteiger partial charge in [-0.1, -0.05) is 157 Å². The quantitative estimate of drug-likeness (QED) is 0.0881. The number of rotatable bonds is 13. The van der Waals surface area contributed by atoms with E-state index in [-0.39, 0.29) is 6.61 Å². The summed E-state index contributed by atoms with van der Waals surface area (Å²) in [6, 6.07) is 26.4. The fraction of sp³-hybridized carbons (Fsp3) is 0.450. The average molecular weight is 549 g/mol. The van der Waals surface area contributed by atoms with Crippen molar-refractivity contribution in [1.29, 1.82) is 0 Å². The van der Waals surface area contributed by atoms with Crippen molar-refractivity contribution in [1.82, 2.24) is 0 Å². The van der Waals surface area contributed by atoms with Gasteiger partial charge >= 0.3 is 0 Å². The molecule has 0 amide bonds. The standard InChI is InChI=1S/C20H40O.C20H12/c1-17(2)9-6-10-18(3)11-7-12-19(4)13-8-14-20(5)15-16-21;1-5-13-6-2-11-17-18-12-4-8-14-7-3-10-16(20(14)18)15(9-1)19(13)17/h15,17-19,21H,6-14,16H2,1-5H3;1-12H/b20-15+;. The molecule has 0 saturated carbocycles. The van der Waals surface area contributed by atoms with Crippen molar-refractivity contribution in [2.75, 3.05) is 6.61 Å². The van der Waals surface area contributed by atoms with Crippen molar-refractivity contribution >= 4 is 43.1 Å². The molecule has 0 aliphatic rings. The first-order chi connectivity index (χ1) is 19.9. The van der Waals surface area contributed by atoms with Crippen LogP contribution in [0.15, 0.2) is 84.4 Å². The van der Waals surface area contributed by atoms with Crippen molar-refractivity contribution in [3.05, 3.63) is 84.4 Å². The zero-order chi connectivity index (χ0) is 29.2. The Balaban J connectivity index is 0.000000189. The molecular weight excluding hydrogens is 496 g/mol. The van der Waals surface area contributed by atoms with Crippen LogP contribution in [0.4, 0.5) is 0 Å². The molecule has 1 N–H and O–H groups in total. The molecule has 0 aliphatic heterocycles. The van der Waals surface area contributed by atoms with E-state index in [4.69, 9.17) is 5.11 Å². The van der Waals surface area contributed by atoms with E-state index in [1.165, 1.54) is 100 Å². The number of hydrogen-bond donors (Lipinski definition) is 1. The maximum atomic E-state index is 8.83. The summed E-state index contributed by atoms with van der Waals surface area (Å²) in [6.45, 7) is 11.8. The molecule has 2 unspecified atom stereocenters. The molecule has 0 spiro atoms. The van der Waals surface area contributed by atoms with E-state index in [0.29, 0.717) is 0 Å². The highest BCUT2D eigenvalue weighted by Crippen LogP contribution is 2.39. The molecule has 0 radical (unpaired) electrons. The summed E-state index contributed by atoms with van der Waals surface area (Å²) in [4.78, 5) is 0. The minimum absolute atomic E-state index is 0.191. The van der Waals surface area contributed by atoms with Gasteiger partial charge in [-0.25, -0.2) is 0 Å². The van der Waals surface area contributed by atoms with E-state index in [0.717, 1.165) is 24.2 Å². The molecule has 0 heterocycles. The summed E-state index contributed by atoms with van der Waals surface area (Å²) in [7, 11) is 0. The third-order valence-electron chi connectivity index (χ3n) is 8.97. The Labute approximate surface area is 249 Å². The van der Waals surface area contributed by atoms with Crippen molar-refractivity contribution < 1.29 is 5.11 Å². The number of fused-ring (bicyclic) bond motifs is 2. The van der Waals surface area contributed by atoms with Crippen LogP contribution in [0.3, 0.4) is 0 Å². The second-order valence-electron chi connectivity index (χ2n) is 13.0. The van der Waals surface area contributed by atoms with E-state index in [2.05, 4.69) is 107 Å². The van der Waals surface area contributed by atoms with Crippen LogP contribution < -0.4 is 0 Å². The molecule has 0 aromatic heterocycles. The lowest BCUT2D eigenvalue weighted by molar-refractivity contribution is 0.341. The Morgan fingerprint density at radius 3 is 1.37 bits per heavy atom. The number of aliphatic hydroxyl groups is 1. The minimum atomic E-state index is 0.191. The fourth-order valence-electron chi connectivity index (χ4n) is 6.55. The maximum absolute atomic E-state index is 8.83. The van der Waals surface area contributed by atoms with Crippen molar-refractivity contribution in [3.63, 3.8) is 0 Å². The van der Waals surface area contributed by atoms with Gasteiger partial charge in [-0.3, -0.25) is 0 Å². The van der Waals surface area contributed by atoms with Gasteiger partial charge < -0.3 is 5.11 Å². The van der Waals surface area contributed by atoms with Gasteiger partial charge in [0.2, 0.25) is 0 Å². The van der Waals surface area contributed by atoms with Crippen molar-refractivity contribution in [3.8, 4) is 0 Å². The van der Waals surface area contributed by atoms with Crippen LogP contribution in [0, 0.1) is 17.8 Å². The third kappa shape index (κ3) is 8.32. The Hall–Kier alpha value is -2.90. The SMILES string of the molecule is C/C(=C\CO)CCCC(C)CCCC(C)CCCC(C)C.c1cc2cccc3c4cccc5cccc(c(c1)c23)c54. The second kappa shape index (κ2) is 15.4. The van der Waals surface area contributed by atoms with E-state index in [9.17, 15) is 0 Å². The second-order valence-corrected chi connectivity index (χ2v) is 13.0. The molecule has 1 nitrogen and oxygen atoms in total. The van der Waals surface area contributed by atoms with Gasteiger partial charge in [-0.15, -0.1) is 0 Å². The number of aliphatic hydroxyl groups excluding tert-OH is 1.